The van der Waals surface area contributed by atoms with Gasteiger partial charge < -0.3 is 15.0 Å². The topological polar surface area (TPSA) is 37.4 Å². The third kappa shape index (κ3) is 4.85. The summed E-state index contributed by atoms with van der Waals surface area (Å²) in [5.41, 5.74) is 1.20. The van der Waals surface area contributed by atoms with Crippen LogP contribution < -0.4 is 10.2 Å². The zero-order chi connectivity index (χ0) is 13.2. The average molecular weight is 249 g/mol. The number of hydrogen-bond acceptors (Lipinski definition) is 4. The van der Waals surface area contributed by atoms with E-state index in [2.05, 4.69) is 34.8 Å². The smallest absolute Gasteiger partial charge is 0.128 e. The molecule has 0 fully saturated rings. The molecule has 0 saturated heterocycles. The highest BCUT2D eigenvalue weighted by molar-refractivity contribution is 5.40. The summed E-state index contributed by atoms with van der Waals surface area (Å²) in [5.74, 6) is 0.965. The molecule has 0 aliphatic rings. The molecule has 4 heteroatoms. The first kappa shape index (κ1) is 14.7. The fraction of sp³-hybridized carbons (Fsp3) is 0.500. The minimum atomic E-state index is 0.689. The van der Waals surface area contributed by atoms with Gasteiger partial charge in [-0.3, -0.25) is 0 Å². The first-order valence-electron chi connectivity index (χ1n) is 6.32. The van der Waals surface area contributed by atoms with E-state index in [-0.39, 0.29) is 0 Å². The van der Waals surface area contributed by atoms with Gasteiger partial charge in [0, 0.05) is 32.9 Å². The fourth-order valence-corrected chi connectivity index (χ4v) is 1.63. The summed E-state index contributed by atoms with van der Waals surface area (Å²) in [6.45, 7) is 9.99. The highest BCUT2D eigenvalue weighted by Crippen LogP contribution is 2.11. The predicted molar refractivity (Wildman–Crippen MR) is 75.9 cm³/mol. The van der Waals surface area contributed by atoms with Crippen LogP contribution in [-0.4, -0.2) is 38.3 Å². The van der Waals surface area contributed by atoms with Crippen LogP contribution >= 0.6 is 0 Å². The number of nitrogens with one attached hydrogen (secondary N) is 1. The Morgan fingerprint density at radius 3 is 2.89 bits per heavy atom. The third-order valence-corrected chi connectivity index (χ3v) is 2.63. The molecule has 0 amide bonds. The van der Waals surface area contributed by atoms with Crippen molar-refractivity contribution >= 4 is 5.82 Å². The second-order valence-electron chi connectivity index (χ2n) is 4.03. The van der Waals surface area contributed by atoms with E-state index in [1.807, 2.05) is 18.3 Å². The number of ether oxygens (including phenoxy) is 1. The van der Waals surface area contributed by atoms with E-state index in [0.29, 0.717) is 6.61 Å². The zero-order valence-electron chi connectivity index (χ0n) is 11.4. The van der Waals surface area contributed by atoms with E-state index in [4.69, 9.17) is 4.74 Å². The van der Waals surface area contributed by atoms with Gasteiger partial charge in [-0.2, -0.15) is 0 Å². The van der Waals surface area contributed by atoms with Gasteiger partial charge in [-0.1, -0.05) is 19.1 Å². The van der Waals surface area contributed by atoms with Gasteiger partial charge in [-0.25, -0.2) is 4.98 Å². The molecule has 100 valence electrons. The number of rotatable bonds is 9. The Balaban J connectivity index is 2.63. The minimum absolute atomic E-state index is 0.689. The van der Waals surface area contributed by atoms with Crippen LogP contribution in [0.2, 0.25) is 0 Å². The van der Waals surface area contributed by atoms with Crippen molar-refractivity contribution in [3.8, 4) is 0 Å². The van der Waals surface area contributed by atoms with Crippen molar-refractivity contribution in [3.05, 3.63) is 36.5 Å². The van der Waals surface area contributed by atoms with Crippen molar-refractivity contribution in [1.29, 1.82) is 0 Å². The predicted octanol–water partition coefficient (Wildman–Crippen LogP) is 1.83. The standard InChI is InChI=1S/C14H23N3O/c1-4-8-17(9-10-18-3)14-7-6-13(12-16-14)11-15-5-2/h4,6-7,12,15H,1,5,8-11H2,2-3H3. The molecule has 0 aromatic carbocycles. The van der Waals surface area contributed by atoms with Gasteiger partial charge in [0.1, 0.15) is 5.82 Å². The first-order chi connectivity index (χ1) is 8.81. The molecule has 1 N–H and O–H groups in total. The van der Waals surface area contributed by atoms with Crippen LogP contribution in [0, 0.1) is 0 Å². The van der Waals surface area contributed by atoms with Crippen LogP contribution in [0.1, 0.15) is 12.5 Å². The Morgan fingerprint density at radius 1 is 1.50 bits per heavy atom. The zero-order valence-corrected chi connectivity index (χ0v) is 11.4. The van der Waals surface area contributed by atoms with Crippen LogP contribution in [-0.2, 0) is 11.3 Å². The Labute approximate surface area is 110 Å². The molecule has 1 aromatic heterocycles. The molecule has 4 nitrogen and oxygen atoms in total. The number of hydrogen-bond donors (Lipinski definition) is 1. The molecular formula is C14H23N3O. The number of aromatic nitrogens is 1. The quantitative estimate of drug-likeness (QED) is 0.678. The molecule has 0 saturated carbocycles. The highest BCUT2D eigenvalue weighted by atomic mass is 16.5. The maximum atomic E-state index is 5.10. The largest absolute Gasteiger partial charge is 0.383 e. The molecule has 0 aliphatic heterocycles. The summed E-state index contributed by atoms with van der Waals surface area (Å²) in [5, 5.41) is 3.28. The monoisotopic (exact) mass is 249 g/mol. The Hall–Kier alpha value is -1.39. The van der Waals surface area contributed by atoms with Crippen LogP contribution in [0.15, 0.2) is 31.0 Å². The van der Waals surface area contributed by atoms with E-state index in [1.165, 1.54) is 5.56 Å². The van der Waals surface area contributed by atoms with Gasteiger partial charge in [0.05, 0.1) is 6.61 Å². The van der Waals surface area contributed by atoms with Crippen molar-refractivity contribution in [2.45, 2.75) is 13.5 Å². The van der Waals surface area contributed by atoms with Crippen molar-refractivity contribution in [3.63, 3.8) is 0 Å². The molecule has 0 atom stereocenters. The van der Waals surface area contributed by atoms with Crippen molar-refractivity contribution < 1.29 is 4.74 Å². The lowest BCUT2D eigenvalue weighted by Crippen LogP contribution is -2.28. The van der Waals surface area contributed by atoms with E-state index < -0.39 is 0 Å². The summed E-state index contributed by atoms with van der Waals surface area (Å²) >= 11 is 0. The average Bonchev–Trinajstić information content (AvgIpc) is 2.42. The lowest BCUT2D eigenvalue weighted by Gasteiger charge is -2.21. The lowest BCUT2D eigenvalue weighted by atomic mass is 10.2. The molecular weight excluding hydrogens is 226 g/mol. The minimum Gasteiger partial charge on any atom is -0.383 e. The second kappa shape index (κ2) is 8.66. The van der Waals surface area contributed by atoms with Gasteiger partial charge in [-0.05, 0) is 18.2 Å². The van der Waals surface area contributed by atoms with Crippen LogP contribution in [0.4, 0.5) is 5.82 Å². The molecule has 18 heavy (non-hydrogen) atoms. The molecule has 0 unspecified atom stereocenters. The summed E-state index contributed by atoms with van der Waals surface area (Å²) in [6.07, 6.45) is 3.80. The summed E-state index contributed by atoms with van der Waals surface area (Å²) in [6, 6.07) is 4.15. The van der Waals surface area contributed by atoms with E-state index in [0.717, 1.165) is 32.0 Å². The Bertz CT molecular complexity index is 337. The van der Waals surface area contributed by atoms with Gasteiger partial charge in [0.2, 0.25) is 0 Å². The third-order valence-electron chi connectivity index (χ3n) is 2.63. The number of anilines is 1. The first-order valence-corrected chi connectivity index (χ1v) is 6.32. The summed E-state index contributed by atoms with van der Waals surface area (Å²) in [4.78, 5) is 6.63. The molecule has 1 rings (SSSR count). The lowest BCUT2D eigenvalue weighted by molar-refractivity contribution is 0.205. The van der Waals surface area contributed by atoms with E-state index in [1.54, 1.807) is 7.11 Å². The Morgan fingerprint density at radius 2 is 2.33 bits per heavy atom. The van der Waals surface area contributed by atoms with Crippen LogP contribution in [0.3, 0.4) is 0 Å². The summed E-state index contributed by atoms with van der Waals surface area (Å²) in [7, 11) is 1.71. The maximum absolute atomic E-state index is 5.10. The molecule has 0 bridgehead atoms. The van der Waals surface area contributed by atoms with Crippen molar-refractivity contribution in [2.75, 3.05) is 38.3 Å². The fourth-order valence-electron chi connectivity index (χ4n) is 1.63. The van der Waals surface area contributed by atoms with Crippen molar-refractivity contribution in [2.24, 2.45) is 0 Å². The maximum Gasteiger partial charge on any atom is 0.128 e. The molecule has 1 heterocycles. The number of methoxy groups -OCH3 is 1. The normalized spacial score (nSPS) is 10.3. The van der Waals surface area contributed by atoms with Crippen LogP contribution in [0.25, 0.3) is 0 Å². The van der Waals surface area contributed by atoms with E-state index >= 15 is 0 Å². The molecule has 0 spiro atoms. The Kier molecular flexibility index (Phi) is 7.06. The second-order valence-corrected chi connectivity index (χ2v) is 4.03. The SMILES string of the molecule is C=CCN(CCOC)c1ccc(CNCC)cn1. The molecule has 0 radical (unpaired) electrons. The molecule has 1 aromatic rings. The summed E-state index contributed by atoms with van der Waals surface area (Å²) < 4.78 is 5.10. The van der Waals surface area contributed by atoms with Crippen LogP contribution in [0.5, 0.6) is 0 Å². The number of pyridine rings is 1. The van der Waals surface area contributed by atoms with Gasteiger partial charge in [-0.15, -0.1) is 6.58 Å². The van der Waals surface area contributed by atoms with Gasteiger partial charge in [0.15, 0.2) is 0 Å². The molecule has 0 aliphatic carbocycles. The van der Waals surface area contributed by atoms with Gasteiger partial charge in [0.25, 0.3) is 0 Å². The van der Waals surface area contributed by atoms with Gasteiger partial charge >= 0.3 is 0 Å². The number of nitrogens with zero attached hydrogens (tertiary/aromatic N) is 2. The highest BCUT2D eigenvalue weighted by Gasteiger charge is 2.05. The van der Waals surface area contributed by atoms with Crippen molar-refractivity contribution in [1.82, 2.24) is 10.3 Å². The van der Waals surface area contributed by atoms with E-state index in [9.17, 15) is 0 Å².